The van der Waals surface area contributed by atoms with Crippen molar-refractivity contribution in [2.45, 2.75) is 70.9 Å². The Morgan fingerprint density at radius 2 is 1.88 bits per heavy atom. The zero-order valence-electron chi connectivity index (χ0n) is 19.2. The van der Waals surface area contributed by atoms with Crippen molar-refractivity contribution >= 4 is 22.8 Å². The van der Waals surface area contributed by atoms with Gasteiger partial charge in [-0.1, -0.05) is 38.1 Å². The molecule has 3 aromatic rings. The number of nitrogens with one attached hydrogen (secondary N) is 1. The van der Waals surface area contributed by atoms with E-state index < -0.39 is 12.0 Å². The second-order valence-electron chi connectivity index (χ2n) is 8.90. The number of carbonyl (C=O) groups is 2. The number of aryl methyl sites for hydroxylation is 2. The van der Waals surface area contributed by atoms with Crippen molar-refractivity contribution in [1.82, 2.24) is 9.88 Å². The summed E-state index contributed by atoms with van der Waals surface area (Å²) in [6.45, 7) is 3.97. The van der Waals surface area contributed by atoms with Crippen molar-refractivity contribution in [3.05, 3.63) is 70.7 Å². The zero-order valence-corrected chi connectivity index (χ0v) is 19.2. The van der Waals surface area contributed by atoms with Crippen molar-refractivity contribution in [2.24, 2.45) is 0 Å². The predicted octanol–water partition coefficient (Wildman–Crippen LogP) is 4.98. The molecule has 0 bridgehead atoms. The van der Waals surface area contributed by atoms with Gasteiger partial charge in [-0.15, -0.1) is 0 Å². The van der Waals surface area contributed by atoms with E-state index in [-0.39, 0.29) is 17.8 Å². The van der Waals surface area contributed by atoms with Crippen LogP contribution in [0.3, 0.4) is 0 Å². The third-order valence-electron chi connectivity index (χ3n) is 6.78. The average Bonchev–Trinajstić information content (AvgIpc) is 3.11. The lowest BCUT2D eigenvalue weighted by Crippen LogP contribution is -2.39. The summed E-state index contributed by atoms with van der Waals surface area (Å²) < 4.78 is 15.9. The first-order valence-corrected chi connectivity index (χ1v) is 11.8. The summed E-state index contributed by atoms with van der Waals surface area (Å²) in [5, 5.41) is 13.7. The maximum atomic E-state index is 14.1. The van der Waals surface area contributed by atoms with Crippen molar-refractivity contribution in [2.75, 3.05) is 0 Å². The molecule has 1 aromatic heterocycles. The first kappa shape index (κ1) is 23.0. The van der Waals surface area contributed by atoms with Crippen molar-refractivity contribution in [1.29, 1.82) is 0 Å². The van der Waals surface area contributed by atoms with Crippen LogP contribution in [0.5, 0.6) is 0 Å². The van der Waals surface area contributed by atoms with E-state index in [0.717, 1.165) is 40.6 Å². The molecule has 2 atom stereocenters. The van der Waals surface area contributed by atoms with Crippen LogP contribution in [0.25, 0.3) is 10.9 Å². The number of carbonyl (C=O) groups excluding carboxylic acids is 1. The number of fused-ring (bicyclic) bond motifs is 3. The largest absolute Gasteiger partial charge is 0.480 e. The Hall–Kier alpha value is -3.15. The first-order chi connectivity index (χ1) is 15.9. The second-order valence-corrected chi connectivity index (χ2v) is 8.90. The van der Waals surface area contributed by atoms with E-state index in [2.05, 4.69) is 36.5 Å². The fourth-order valence-corrected chi connectivity index (χ4v) is 5.01. The Labute approximate surface area is 193 Å². The minimum absolute atomic E-state index is 0.00917. The van der Waals surface area contributed by atoms with Gasteiger partial charge in [0.25, 0.3) is 0 Å². The molecule has 2 unspecified atom stereocenters. The Bertz CT molecular complexity index is 1170. The number of halogens is 1. The van der Waals surface area contributed by atoms with Crippen LogP contribution in [0.15, 0.2) is 42.5 Å². The number of amides is 1. The molecule has 1 amide bonds. The monoisotopic (exact) mass is 450 g/mol. The molecule has 0 aliphatic heterocycles. The molecule has 1 aliphatic carbocycles. The molecule has 0 radical (unpaired) electrons. The van der Waals surface area contributed by atoms with Gasteiger partial charge in [0.05, 0.1) is 0 Å². The van der Waals surface area contributed by atoms with E-state index in [9.17, 15) is 19.1 Å². The van der Waals surface area contributed by atoms with E-state index in [1.165, 1.54) is 17.7 Å². The molecule has 0 saturated carbocycles. The number of nitrogens with zero attached hydrogens (tertiary/aromatic N) is 1. The third-order valence-corrected chi connectivity index (χ3v) is 6.78. The number of carboxylic acid groups (broad SMARTS) is 1. The van der Waals surface area contributed by atoms with Gasteiger partial charge in [0, 0.05) is 29.1 Å². The molecule has 0 spiro atoms. The molecule has 1 aliphatic rings. The highest BCUT2D eigenvalue weighted by molar-refractivity contribution is 5.88. The SMILES string of the molecule is CCc1ccc(CCC(=O)NC2CCc3c(c4cc(F)ccc4n3C(CC)C(=O)O)C2)cc1. The van der Waals surface area contributed by atoms with Gasteiger partial charge in [0.15, 0.2) is 0 Å². The smallest absolute Gasteiger partial charge is 0.326 e. The lowest BCUT2D eigenvalue weighted by Gasteiger charge is -2.26. The molecule has 2 N–H and O–H groups in total. The van der Waals surface area contributed by atoms with Crippen LogP contribution in [-0.2, 0) is 35.3 Å². The highest BCUT2D eigenvalue weighted by Gasteiger charge is 2.30. The molecular formula is C27H31FN2O3. The van der Waals surface area contributed by atoms with Crippen LogP contribution < -0.4 is 5.32 Å². The molecule has 2 aromatic carbocycles. The third kappa shape index (κ3) is 4.80. The molecular weight excluding hydrogens is 419 g/mol. The molecule has 0 saturated heterocycles. The summed E-state index contributed by atoms with van der Waals surface area (Å²) in [7, 11) is 0. The van der Waals surface area contributed by atoms with Gasteiger partial charge in [-0.3, -0.25) is 4.79 Å². The van der Waals surface area contributed by atoms with Crippen molar-refractivity contribution < 1.29 is 19.1 Å². The van der Waals surface area contributed by atoms with Gasteiger partial charge in [0.2, 0.25) is 5.91 Å². The average molecular weight is 451 g/mol. The Kier molecular flexibility index (Phi) is 6.82. The highest BCUT2D eigenvalue weighted by Crippen LogP contribution is 2.36. The quantitative estimate of drug-likeness (QED) is 0.508. The number of hydrogen-bond acceptors (Lipinski definition) is 2. The van der Waals surface area contributed by atoms with Gasteiger partial charge in [-0.2, -0.15) is 0 Å². The van der Waals surface area contributed by atoms with Crippen LogP contribution >= 0.6 is 0 Å². The lowest BCUT2D eigenvalue weighted by molar-refractivity contribution is -0.141. The van der Waals surface area contributed by atoms with Crippen LogP contribution in [0.2, 0.25) is 0 Å². The van der Waals surface area contributed by atoms with E-state index in [0.29, 0.717) is 32.1 Å². The molecule has 0 fully saturated rings. The zero-order chi connectivity index (χ0) is 23.5. The summed E-state index contributed by atoms with van der Waals surface area (Å²) in [5.41, 5.74) is 5.08. The standard InChI is InChI=1S/C27H31FN2O3/c1-3-17-5-7-18(8-6-17)9-14-26(31)29-20-11-13-25-22(16-20)21-15-19(28)10-12-24(21)30(25)23(4-2)27(32)33/h5-8,10,12,15,20,23H,3-4,9,11,13-14,16H2,1-2H3,(H,29,31)(H,32,33). The fourth-order valence-electron chi connectivity index (χ4n) is 5.01. The number of benzene rings is 2. The highest BCUT2D eigenvalue weighted by atomic mass is 19.1. The van der Waals surface area contributed by atoms with Crippen LogP contribution in [0.1, 0.15) is 61.5 Å². The van der Waals surface area contributed by atoms with Gasteiger partial charge in [-0.25, -0.2) is 9.18 Å². The maximum Gasteiger partial charge on any atom is 0.326 e. The fraction of sp³-hybridized carbons (Fsp3) is 0.407. The number of hydrogen-bond donors (Lipinski definition) is 2. The van der Waals surface area contributed by atoms with E-state index >= 15 is 0 Å². The summed E-state index contributed by atoms with van der Waals surface area (Å²) in [6, 6.07) is 12.2. The number of aliphatic carboxylic acids is 1. The van der Waals surface area contributed by atoms with Crippen LogP contribution in [0, 0.1) is 5.82 Å². The predicted molar refractivity (Wildman–Crippen MR) is 127 cm³/mol. The number of carboxylic acids is 1. The van der Waals surface area contributed by atoms with Crippen LogP contribution in [-0.4, -0.2) is 27.6 Å². The Morgan fingerprint density at radius 3 is 2.55 bits per heavy atom. The van der Waals surface area contributed by atoms with Gasteiger partial charge in [-0.05, 0) is 73.4 Å². The Balaban J connectivity index is 1.50. The van der Waals surface area contributed by atoms with E-state index in [1.54, 1.807) is 6.07 Å². The van der Waals surface area contributed by atoms with Crippen LogP contribution in [0.4, 0.5) is 4.39 Å². The summed E-state index contributed by atoms with van der Waals surface area (Å²) in [6.07, 6.45) is 4.52. The van der Waals surface area contributed by atoms with E-state index in [1.807, 2.05) is 11.5 Å². The molecule has 4 rings (SSSR count). The normalized spacial score (nSPS) is 16.4. The first-order valence-electron chi connectivity index (χ1n) is 11.8. The second kappa shape index (κ2) is 9.77. The van der Waals surface area contributed by atoms with Gasteiger partial charge >= 0.3 is 5.97 Å². The Morgan fingerprint density at radius 1 is 1.15 bits per heavy atom. The number of aromatic nitrogens is 1. The van der Waals surface area contributed by atoms with Gasteiger partial charge < -0.3 is 15.0 Å². The molecule has 5 nitrogen and oxygen atoms in total. The summed E-state index contributed by atoms with van der Waals surface area (Å²) in [5.74, 6) is -1.22. The molecule has 33 heavy (non-hydrogen) atoms. The minimum Gasteiger partial charge on any atom is -0.480 e. The van der Waals surface area contributed by atoms with E-state index in [4.69, 9.17) is 0 Å². The lowest BCUT2D eigenvalue weighted by atomic mass is 9.91. The maximum absolute atomic E-state index is 14.1. The minimum atomic E-state index is -0.885. The number of rotatable bonds is 8. The van der Waals surface area contributed by atoms with Crippen molar-refractivity contribution in [3.63, 3.8) is 0 Å². The van der Waals surface area contributed by atoms with Gasteiger partial charge in [0.1, 0.15) is 11.9 Å². The molecule has 174 valence electrons. The summed E-state index contributed by atoms with van der Waals surface area (Å²) in [4.78, 5) is 24.5. The topological polar surface area (TPSA) is 71.3 Å². The molecule has 6 heteroatoms. The summed E-state index contributed by atoms with van der Waals surface area (Å²) >= 11 is 0. The van der Waals surface area contributed by atoms with Crippen molar-refractivity contribution in [3.8, 4) is 0 Å². The molecule has 1 heterocycles.